The maximum atomic E-state index is 3.72. The SMILES string of the molecule is C=CCC/N=N\C. The Labute approximate surface area is 44.0 Å². The molecule has 2 heteroatoms. The molecule has 0 aliphatic heterocycles. The molecule has 7 heavy (non-hydrogen) atoms. The quantitative estimate of drug-likeness (QED) is 0.291. The number of azo groups is 1. The van der Waals surface area contributed by atoms with Gasteiger partial charge in [-0.2, -0.15) is 10.2 Å². The Balaban J connectivity index is 2.82. The molecule has 0 aromatic heterocycles. The molecule has 0 heterocycles. The monoisotopic (exact) mass is 98.1 g/mol. The van der Waals surface area contributed by atoms with Gasteiger partial charge in [-0.05, 0) is 6.42 Å². The van der Waals surface area contributed by atoms with Crippen LogP contribution in [0, 0.1) is 0 Å². The predicted octanol–water partition coefficient (Wildman–Crippen LogP) is 1.64. The van der Waals surface area contributed by atoms with Crippen molar-refractivity contribution in [1.82, 2.24) is 0 Å². The lowest BCUT2D eigenvalue weighted by Crippen LogP contribution is -1.70. The van der Waals surface area contributed by atoms with Crippen LogP contribution in [-0.4, -0.2) is 13.6 Å². The van der Waals surface area contributed by atoms with Crippen LogP contribution in [0.2, 0.25) is 0 Å². The third-order valence-corrected chi connectivity index (χ3v) is 0.575. The van der Waals surface area contributed by atoms with E-state index in [9.17, 15) is 0 Å². The zero-order chi connectivity index (χ0) is 5.54. The molecule has 0 unspecified atom stereocenters. The molecular weight excluding hydrogens is 88.1 g/mol. The summed E-state index contributed by atoms with van der Waals surface area (Å²) in [5.74, 6) is 0. The van der Waals surface area contributed by atoms with Gasteiger partial charge in [0.1, 0.15) is 0 Å². The van der Waals surface area contributed by atoms with E-state index in [1.807, 2.05) is 6.08 Å². The molecule has 0 fully saturated rings. The summed E-state index contributed by atoms with van der Waals surface area (Å²) in [5.41, 5.74) is 0. The third kappa shape index (κ3) is 5.34. The van der Waals surface area contributed by atoms with Crippen molar-refractivity contribution in [2.24, 2.45) is 10.2 Å². The molecule has 0 spiro atoms. The number of rotatable bonds is 3. The standard InChI is InChI=1S/C5H10N2/c1-3-4-5-7-6-2/h3H,1,4-5H2,2H3/b7-6-. The molecule has 0 N–H and O–H groups in total. The third-order valence-electron chi connectivity index (χ3n) is 0.575. The summed E-state index contributed by atoms with van der Waals surface area (Å²) >= 11 is 0. The molecule has 0 radical (unpaired) electrons. The molecule has 0 atom stereocenters. The Morgan fingerprint density at radius 2 is 2.43 bits per heavy atom. The normalized spacial score (nSPS) is 9.86. The highest BCUT2D eigenvalue weighted by atomic mass is 15.1. The molecule has 0 bridgehead atoms. The Kier molecular flexibility index (Phi) is 4.84. The van der Waals surface area contributed by atoms with Crippen molar-refractivity contribution in [2.45, 2.75) is 6.42 Å². The van der Waals surface area contributed by atoms with Crippen molar-refractivity contribution in [2.75, 3.05) is 13.6 Å². The van der Waals surface area contributed by atoms with Crippen LogP contribution in [0.4, 0.5) is 0 Å². The van der Waals surface area contributed by atoms with Crippen molar-refractivity contribution in [1.29, 1.82) is 0 Å². The van der Waals surface area contributed by atoms with Gasteiger partial charge in [0.05, 0.1) is 6.54 Å². The van der Waals surface area contributed by atoms with Crippen molar-refractivity contribution < 1.29 is 0 Å². The molecule has 0 rings (SSSR count). The maximum Gasteiger partial charge on any atom is 0.0633 e. The molecule has 0 saturated carbocycles. The van der Waals surface area contributed by atoms with E-state index in [0.717, 1.165) is 13.0 Å². The Hall–Kier alpha value is -0.660. The summed E-state index contributed by atoms with van der Waals surface area (Å²) in [6.45, 7) is 4.31. The summed E-state index contributed by atoms with van der Waals surface area (Å²) in [6.07, 6.45) is 2.76. The van der Waals surface area contributed by atoms with Crippen molar-refractivity contribution in [3.63, 3.8) is 0 Å². The van der Waals surface area contributed by atoms with Crippen LogP contribution < -0.4 is 0 Å². The molecule has 0 amide bonds. The molecule has 0 aromatic rings. The average Bonchev–Trinajstić information content (AvgIpc) is 1.69. The van der Waals surface area contributed by atoms with Crippen LogP contribution >= 0.6 is 0 Å². The van der Waals surface area contributed by atoms with Crippen LogP contribution in [0.3, 0.4) is 0 Å². The fraction of sp³-hybridized carbons (Fsp3) is 0.600. The van der Waals surface area contributed by atoms with Gasteiger partial charge >= 0.3 is 0 Å². The van der Waals surface area contributed by atoms with E-state index in [2.05, 4.69) is 16.8 Å². The summed E-state index contributed by atoms with van der Waals surface area (Å²) in [4.78, 5) is 0. The second-order valence-corrected chi connectivity index (χ2v) is 1.14. The fourth-order valence-corrected chi connectivity index (χ4v) is 0.249. The zero-order valence-corrected chi connectivity index (χ0v) is 4.59. The Morgan fingerprint density at radius 1 is 1.71 bits per heavy atom. The average molecular weight is 98.1 g/mol. The van der Waals surface area contributed by atoms with Crippen LogP contribution in [0.25, 0.3) is 0 Å². The highest BCUT2D eigenvalue weighted by molar-refractivity contribution is 4.65. The van der Waals surface area contributed by atoms with E-state index in [1.165, 1.54) is 0 Å². The van der Waals surface area contributed by atoms with Gasteiger partial charge in [0.2, 0.25) is 0 Å². The molecule has 0 aliphatic rings. The van der Waals surface area contributed by atoms with Gasteiger partial charge in [0.15, 0.2) is 0 Å². The van der Waals surface area contributed by atoms with E-state index in [4.69, 9.17) is 0 Å². The first-order chi connectivity index (χ1) is 3.41. The molecule has 2 nitrogen and oxygen atoms in total. The first kappa shape index (κ1) is 6.34. The zero-order valence-electron chi connectivity index (χ0n) is 4.59. The van der Waals surface area contributed by atoms with Gasteiger partial charge in [-0.15, -0.1) is 6.58 Å². The summed E-state index contributed by atoms with van der Waals surface area (Å²) in [7, 11) is 1.67. The topological polar surface area (TPSA) is 24.7 Å². The fourth-order valence-electron chi connectivity index (χ4n) is 0.249. The van der Waals surface area contributed by atoms with Crippen LogP contribution in [-0.2, 0) is 0 Å². The lowest BCUT2D eigenvalue weighted by molar-refractivity contribution is 0.911. The Bertz CT molecular complexity index is 66.5. The number of hydrogen-bond donors (Lipinski definition) is 0. The van der Waals surface area contributed by atoms with E-state index < -0.39 is 0 Å². The molecule has 0 aromatic carbocycles. The minimum atomic E-state index is 0.778. The van der Waals surface area contributed by atoms with E-state index >= 15 is 0 Å². The largest absolute Gasteiger partial charge is 0.198 e. The molecule has 0 aliphatic carbocycles. The van der Waals surface area contributed by atoms with Crippen LogP contribution in [0.5, 0.6) is 0 Å². The van der Waals surface area contributed by atoms with Gasteiger partial charge in [-0.25, -0.2) is 0 Å². The minimum absolute atomic E-state index is 0.778. The van der Waals surface area contributed by atoms with Gasteiger partial charge in [0, 0.05) is 7.05 Å². The molecule has 40 valence electrons. The van der Waals surface area contributed by atoms with E-state index in [1.54, 1.807) is 7.05 Å². The van der Waals surface area contributed by atoms with Crippen LogP contribution in [0.15, 0.2) is 22.9 Å². The lowest BCUT2D eigenvalue weighted by Gasteiger charge is -1.78. The highest BCUT2D eigenvalue weighted by Gasteiger charge is 1.70. The van der Waals surface area contributed by atoms with Crippen molar-refractivity contribution in [3.05, 3.63) is 12.7 Å². The second kappa shape index (κ2) is 5.34. The highest BCUT2D eigenvalue weighted by Crippen LogP contribution is 1.79. The van der Waals surface area contributed by atoms with Gasteiger partial charge < -0.3 is 0 Å². The van der Waals surface area contributed by atoms with E-state index in [0.29, 0.717) is 0 Å². The smallest absolute Gasteiger partial charge is 0.0633 e. The first-order valence-electron chi connectivity index (χ1n) is 2.28. The van der Waals surface area contributed by atoms with Crippen molar-refractivity contribution in [3.8, 4) is 0 Å². The second-order valence-electron chi connectivity index (χ2n) is 1.14. The summed E-state index contributed by atoms with van der Waals surface area (Å²) < 4.78 is 0. The number of nitrogens with zero attached hydrogens (tertiary/aromatic N) is 2. The first-order valence-corrected chi connectivity index (χ1v) is 2.28. The van der Waals surface area contributed by atoms with Crippen LogP contribution in [0.1, 0.15) is 6.42 Å². The lowest BCUT2D eigenvalue weighted by atomic mass is 10.4. The number of hydrogen-bond acceptors (Lipinski definition) is 2. The van der Waals surface area contributed by atoms with Gasteiger partial charge in [0.25, 0.3) is 0 Å². The van der Waals surface area contributed by atoms with Gasteiger partial charge in [-0.3, -0.25) is 0 Å². The van der Waals surface area contributed by atoms with Gasteiger partial charge in [-0.1, -0.05) is 6.08 Å². The summed E-state index contributed by atoms with van der Waals surface area (Å²) in [5, 5.41) is 7.27. The minimum Gasteiger partial charge on any atom is -0.198 e. The predicted molar refractivity (Wildman–Crippen MR) is 30.5 cm³/mol. The molecular formula is C5H10N2. The molecule has 0 saturated heterocycles. The van der Waals surface area contributed by atoms with Crippen molar-refractivity contribution >= 4 is 0 Å². The maximum absolute atomic E-state index is 3.72. The summed E-state index contributed by atoms with van der Waals surface area (Å²) in [6, 6.07) is 0. The van der Waals surface area contributed by atoms with E-state index in [-0.39, 0.29) is 0 Å². The Morgan fingerprint density at radius 3 is 2.86 bits per heavy atom.